The maximum absolute atomic E-state index is 5.26. The SMILES string of the molecule is COc1nc(C)nc(N(C)Cc2nccs2)c1C. The number of hydrogen-bond donors (Lipinski definition) is 0. The van der Waals surface area contributed by atoms with Gasteiger partial charge in [-0.1, -0.05) is 0 Å². The molecule has 0 saturated heterocycles. The van der Waals surface area contributed by atoms with Crippen molar-refractivity contribution < 1.29 is 4.74 Å². The molecular weight excluding hydrogens is 248 g/mol. The van der Waals surface area contributed by atoms with E-state index in [0.29, 0.717) is 11.7 Å². The van der Waals surface area contributed by atoms with Crippen LogP contribution in [0.5, 0.6) is 5.88 Å². The van der Waals surface area contributed by atoms with E-state index in [1.807, 2.05) is 32.5 Å². The molecule has 0 aliphatic carbocycles. The number of nitrogens with zero attached hydrogens (tertiary/aromatic N) is 4. The van der Waals surface area contributed by atoms with Gasteiger partial charge in [-0.3, -0.25) is 0 Å². The molecule has 5 nitrogen and oxygen atoms in total. The Morgan fingerprint density at radius 3 is 2.72 bits per heavy atom. The van der Waals surface area contributed by atoms with Crippen LogP contribution in [0.2, 0.25) is 0 Å². The predicted molar refractivity (Wildman–Crippen MR) is 72.3 cm³/mol. The summed E-state index contributed by atoms with van der Waals surface area (Å²) in [7, 11) is 3.62. The van der Waals surface area contributed by atoms with Crippen molar-refractivity contribution in [1.29, 1.82) is 0 Å². The molecule has 0 amide bonds. The highest BCUT2D eigenvalue weighted by Gasteiger charge is 2.14. The van der Waals surface area contributed by atoms with Gasteiger partial charge < -0.3 is 9.64 Å². The first-order chi connectivity index (χ1) is 8.61. The average Bonchev–Trinajstić information content (AvgIpc) is 2.84. The van der Waals surface area contributed by atoms with Crippen molar-refractivity contribution in [2.75, 3.05) is 19.1 Å². The first kappa shape index (κ1) is 12.8. The topological polar surface area (TPSA) is 51.1 Å². The second-order valence-corrected chi connectivity index (χ2v) is 4.99. The molecule has 0 saturated carbocycles. The van der Waals surface area contributed by atoms with Gasteiger partial charge in [0, 0.05) is 18.6 Å². The number of ether oxygens (including phenoxy) is 1. The molecule has 18 heavy (non-hydrogen) atoms. The minimum absolute atomic E-state index is 0.628. The molecule has 0 aliphatic rings. The Hall–Kier alpha value is -1.69. The van der Waals surface area contributed by atoms with E-state index in [1.54, 1.807) is 18.4 Å². The lowest BCUT2D eigenvalue weighted by Crippen LogP contribution is -2.20. The van der Waals surface area contributed by atoms with Crippen molar-refractivity contribution in [2.45, 2.75) is 20.4 Å². The number of thiazole rings is 1. The quantitative estimate of drug-likeness (QED) is 0.847. The molecule has 0 aliphatic heterocycles. The highest BCUT2D eigenvalue weighted by molar-refractivity contribution is 7.09. The zero-order valence-electron chi connectivity index (χ0n) is 11.0. The van der Waals surface area contributed by atoms with E-state index in [0.717, 1.165) is 22.9 Å². The van der Waals surface area contributed by atoms with E-state index in [1.165, 1.54) is 0 Å². The molecule has 0 radical (unpaired) electrons. The zero-order valence-corrected chi connectivity index (χ0v) is 11.8. The smallest absolute Gasteiger partial charge is 0.221 e. The molecule has 2 aromatic heterocycles. The highest BCUT2D eigenvalue weighted by Crippen LogP contribution is 2.25. The molecule has 0 spiro atoms. The Bertz CT molecular complexity index is 527. The molecular formula is C12H16N4OS. The summed E-state index contributed by atoms with van der Waals surface area (Å²) in [5, 5.41) is 3.04. The summed E-state index contributed by atoms with van der Waals surface area (Å²) in [5.74, 6) is 2.22. The van der Waals surface area contributed by atoms with E-state index in [9.17, 15) is 0 Å². The van der Waals surface area contributed by atoms with Crippen LogP contribution in [0.4, 0.5) is 5.82 Å². The van der Waals surface area contributed by atoms with E-state index in [2.05, 4.69) is 19.9 Å². The number of methoxy groups -OCH3 is 1. The fourth-order valence-electron chi connectivity index (χ4n) is 1.77. The van der Waals surface area contributed by atoms with Gasteiger partial charge in [-0.05, 0) is 13.8 Å². The molecule has 2 heterocycles. The van der Waals surface area contributed by atoms with Crippen molar-refractivity contribution in [3.8, 4) is 5.88 Å². The summed E-state index contributed by atoms with van der Waals surface area (Å²) >= 11 is 1.64. The van der Waals surface area contributed by atoms with Crippen LogP contribution in [0.25, 0.3) is 0 Å². The second-order valence-electron chi connectivity index (χ2n) is 4.01. The second kappa shape index (κ2) is 5.30. The van der Waals surface area contributed by atoms with Gasteiger partial charge in [-0.25, -0.2) is 9.97 Å². The first-order valence-electron chi connectivity index (χ1n) is 5.60. The largest absolute Gasteiger partial charge is 0.481 e. The summed E-state index contributed by atoms with van der Waals surface area (Å²) in [5.41, 5.74) is 0.946. The van der Waals surface area contributed by atoms with E-state index in [-0.39, 0.29) is 0 Å². The summed E-state index contributed by atoms with van der Waals surface area (Å²) in [6.07, 6.45) is 1.81. The standard InChI is InChI=1S/C12H16N4OS/c1-8-11(14-9(2)15-12(8)17-4)16(3)7-10-13-5-6-18-10/h5-6H,7H2,1-4H3. The summed E-state index contributed by atoms with van der Waals surface area (Å²) in [6, 6.07) is 0. The fourth-order valence-corrected chi connectivity index (χ4v) is 2.44. The lowest BCUT2D eigenvalue weighted by atomic mass is 10.3. The van der Waals surface area contributed by atoms with Gasteiger partial charge in [0.15, 0.2) is 0 Å². The van der Waals surface area contributed by atoms with Crippen LogP contribution >= 0.6 is 11.3 Å². The average molecular weight is 264 g/mol. The minimum atomic E-state index is 0.628. The number of aryl methyl sites for hydroxylation is 1. The van der Waals surface area contributed by atoms with Gasteiger partial charge >= 0.3 is 0 Å². The molecule has 96 valence electrons. The van der Waals surface area contributed by atoms with Gasteiger partial charge in [0.1, 0.15) is 16.6 Å². The number of rotatable bonds is 4. The predicted octanol–water partition coefficient (Wildman–Crippen LogP) is 2.19. The van der Waals surface area contributed by atoms with E-state index < -0.39 is 0 Å². The van der Waals surface area contributed by atoms with Crippen LogP contribution in [0.15, 0.2) is 11.6 Å². The van der Waals surface area contributed by atoms with E-state index in [4.69, 9.17) is 4.74 Å². The normalized spacial score (nSPS) is 10.4. The fraction of sp³-hybridized carbons (Fsp3) is 0.417. The van der Waals surface area contributed by atoms with Crippen molar-refractivity contribution in [1.82, 2.24) is 15.0 Å². The Morgan fingerprint density at radius 2 is 2.11 bits per heavy atom. The number of hydrogen-bond acceptors (Lipinski definition) is 6. The molecule has 0 fully saturated rings. The number of anilines is 1. The van der Waals surface area contributed by atoms with Gasteiger partial charge in [0.05, 0.1) is 19.2 Å². The zero-order chi connectivity index (χ0) is 13.1. The summed E-state index contributed by atoms with van der Waals surface area (Å²) < 4.78 is 5.26. The maximum Gasteiger partial charge on any atom is 0.221 e. The van der Waals surface area contributed by atoms with Crippen LogP contribution in [0.1, 0.15) is 16.4 Å². The lowest BCUT2D eigenvalue weighted by Gasteiger charge is -2.20. The van der Waals surface area contributed by atoms with Crippen LogP contribution < -0.4 is 9.64 Å². The van der Waals surface area contributed by atoms with Crippen molar-refractivity contribution >= 4 is 17.2 Å². The molecule has 2 rings (SSSR count). The molecule has 0 N–H and O–H groups in total. The van der Waals surface area contributed by atoms with Crippen molar-refractivity contribution in [2.24, 2.45) is 0 Å². The van der Waals surface area contributed by atoms with Crippen LogP contribution in [0.3, 0.4) is 0 Å². The summed E-state index contributed by atoms with van der Waals surface area (Å²) in [6.45, 7) is 4.56. The third kappa shape index (κ3) is 2.59. The first-order valence-corrected chi connectivity index (χ1v) is 6.48. The molecule has 2 aromatic rings. The van der Waals surface area contributed by atoms with Gasteiger partial charge in [-0.2, -0.15) is 4.98 Å². The van der Waals surface area contributed by atoms with Crippen LogP contribution in [-0.2, 0) is 6.54 Å². The Labute approximate surface area is 110 Å². The monoisotopic (exact) mass is 264 g/mol. The van der Waals surface area contributed by atoms with Gasteiger partial charge in [0.2, 0.25) is 5.88 Å². The molecule has 6 heteroatoms. The van der Waals surface area contributed by atoms with Crippen LogP contribution in [0, 0.1) is 13.8 Å². The Morgan fingerprint density at radius 1 is 1.33 bits per heavy atom. The molecule has 0 bridgehead atoms. The van der Waals surface area contributed by atoms with Crippen molar-refractivity contribution in [3.63, 3.8) is 0 Å². The molecule has 0 aromatic carbocycles. The Kier molecular flexibility index (Phi) is 3.76. The van der Waals surface area contributed by atoms with Gasteiger partial charge in [0.25, 0.3) is 0 Å². The molecule has 0 atom stereocenters. The van der Waals surface area contributed by atoms with E-state index >= 15 is 0 Å². The Balaban J connectivity index is 2.29. The maximum atomic E-state index is 5.26. The number of aromatic nitrogens is 3. The van der Waals surface area contributed by atoms with Crippen molar-refractivity contribution in [3.05, 3.63) is 28.0 Å². The molecule has 0 unspecified atom stereocenters. The van der Waals surface area contributed by atoms with Crippen LogP contribution in [-0.4, -0.2) is 29.1 Å². The highest BCUT2D eigenvalue weighted by atomic mass is 32.1. The third-order valence-electron chi connectivity index (χ3n) is 2.60. The minimum Gasteiger partial charge on any atom is -0.481 e. The lowest BCUT2D eigenvalue weighted by molar-refractivity contribution is 0.392. The van der Waals surface area contributed by atoms with Gasteiger partial charge in [-0.15, -0.1) is 11.3 Å². The summed E-state index contributed by atoms with van der Waals surface area (Å²) in [4.78, 5) is 15.1. The third-order valence-corrected chi connectivity index (χ3v) is 3.36.